The Kier molecular flexibility index (Phi) is 8.94. The van der Waals surface area contributed by atoms with Crippen LogP contribution in [-0.2, 0) is 0 Å². The number of thioether (sulfide) groups is 1. The van der Waals surface area contributed by atoms with Crippen molar-refractivity contribution in [3.8, 4) is 22.9 Å². The van der Waals surface area contributed by atoms with E-state index < -0.39 is 5.25 Å². The molecule has 0 radical (unpaired) electrons. The zero-order valence-corrected chi connectivity index (χ0v) is 21.5. The summed E-state index contributed by atoms with van der Waals surface area (Å²) in [4.78, 5) is 11.2. The highest BCUT2D eigenvalue weighted by Gasteiger charge is 2.26. The van der Waals surface area contributed by atoms with Crippen molar-refractivity contribution in [1.82, 2.24) is 14.8 Å². The molecule has 11 heteroatoms. The maximum atomic E-state index is 11.5. The van der Waals surface area contributed by atoms with Gasteiger partial charge in [-0.3, -0.25) is 14.7 Å². The molecule has 0 saturated heterocycles. The molecule has 180 valence electrons. The standard InChI is InChI=1S/C23H25BrN4O5S/c1-5-11-33-22-19(24)12-16(13-20(22)31-4)21(14-27(29)30)34-23-26-25-15(3)28(23)17-7-9-18(10-8-17)32-6-2/h5,7-10,12-13,21H,1,6,11,14H2,2-4H3/t21-/m1/s1. The van der Waals surface area contributed by atoms with Gasteiger partial charge in [-0.05, 0) is 71.7 Å². The number of nitro groups is 1. The summed E-state index contributed by atoms with van der Waals surface area (Å²) in [5.41, 5.74) is 1.52. The first-order valence-electron chi connectivity index (χ1n) is 10.4. The third kappa shape index (κ3) is 6.09. The van der Waals surface area contributed by atoms with Crippen LogP contribution in [0.3, 0.4) is 0 Å². The van der Waals surface area contributed by atoms with Crippen LogP contribution in [0.5, 0.6) is 17.2 Å². The van der Waals surface area contributed by atoms with Gasteiger partial charge in [-0.1, -0.05) is 24.4 Å². The summed E-state index contributed by atoms with van der Waals surface area (Å²) in [6, 6.07) is 11.1. The summed E-state index contributed by atoms with van der Waals surface area (Å²) in [6.45, 7) is 7.97. The summed E-state index contributed by atoms with van der Waals surface area (Å²) >= 11 is 4.76. The zero-order valence-electron chi connectivity index (χ0n) is 19.1. The molecule has 34 heavy (non-hydrogen) atoms. The van der Waals surface area contributed by atoms with Crippen LogP contribution >= 0.6 is 27.7 Å². The molecule has 0 spiro atoms. The van der Waals surface area contributed by atoms with Crippen LogP contribution < -0.4 is 14.2 Å². The summed E-state index contributed by atoms with van der Waals surface area (Å²) in [7, 11) is 1.52. The lowest BCUT2D eigenvalue weighted by atomic mass is 10.1. The van der Waals surface area contributed by atoms with Crippen LogP contribution in [0.25, 0.3) is 5.69 Å². The van der Waals surface area contributed by atoms with Crippen molar-refractivity contribution < 1.29 is 19.1 Å². The molecule has 0 aliphatic heterocycles. The molecule has 0 N–H and O–H groups in total. The number of benzene rings is 2. The SMILES string of the molecule is C=CCOc1c(Br)cc([C@@H](C[N+](=O)[O-])Sc2nnc(C)n2-c2ccc(OCC)cc2)cc1OC. The van der Waals surface area contributed by atoms with E-state index in [2.05, 4.69) is 32.7 Å². The highest BCUT2D eigenvalue weighted by Crippen LogP contribution is 2.43. The number of halogens is 1. The Morgan fingerprint density at radius 3 is 2.62 bits per heavy atom. The molecule has 0 saturated carbocycles. The number of aryl methyl sites for hydroxylation is 1. The molecule has 3 rings (SSSR count). The normalized spacial score (nSPS) is 11.6. The van der Waals surface area contributed by atoms with Crippen LogP contribution in [0, 0.1) is 17.0 Å². The minimum absolute atomic E-state index is 0.297. The fourth-order valence-electron chi connectivity index (χ4n) is 3.26. The van der Waals surface area contributed by atoms with Crippen molar-refractivity contribution >= 4 is 27.7 Å². The lowest BCUT2D eigenvalue weighted by Crippen LogP contribution is -2.12. The average Bonchev–Trinajstić information content (AvgIpc) is 3.17. The molecule has 0 unspecified atom stereocenters. The molecule has 1 heterocycles. The van der Waals surface area contributed by atoms with Crippen molar-refractivity contribution in [2.75, 3.05) is 26.9 Å². The van der Waals surface area contributed by atoms with Gasteiger partial charge in [0.25, 0.3) is 0 Å². The monoisotopic (exact) mass is 548 g/mol. The Balaban J connectivity index is 1.98. The van der Waals surface area contributed by atoms with E-state index in [-0.39, 0.29) is 11.5 Å². The van der Waals surface area contributed by atoms with Crippen LogP contribution in [0.2, 0.25) is 0 Å². The van der Waals surface area contributed by atoms with E-state index in [0.29, 0.717) is 45.7 Å². The summed E-state index contributed by atoms with van der Waals surface area (Å²) in [6.07, 6.45) is 1.63. The van der Waals surface area contributed by atoms with Gasteiger partial charge in [0.1, 0.15) is 23.4 Å². The van der Waals surface area contributed by atoms with Gasteiger partial charge in [-0.15, -0.1) is 10.2 Å². The molecule has 3 aromatic rings. The van der Waals surface area contributed by atoms with Crippen LogP contribution in [-0.4, -0.2) is 46.6 Å². The molecule has 1 atom stereocenters. The van der Waals surface area contributed by atoms with E-state index >= 15 is 0 Å². The quantitative estimate of drug-likeness (QED) is 0.128. The molecule has 0 amide bonds. The Hall–Kier alpha value is -3.05. The van der Waals surface area contributed by atoms with E-state index in [0.717, 1.165) is 11.4 Å². The number of rotatable bonds is 12. The number of aromatic nitrogens is 3. The molecule has 0 aliphatic rings. The van der Waals surface area contributed by atoms with Gasteiger partial charge < -0.3 is 14.2 Å². The highest BCUT2D eigenvalue weighted by molar-refractivity contribution is 9.10. The van der Waals surface area contributed by atoms with Gasteiger partial charge >= 0.3 is 0 Å². The lowest BCUT2D eigenvalue weighted by molar-refractivity contribution is -0.479. The Morgan fingerprint density at radius 2 is 2.00 bits per heavy atom. The lowest BCUT2D eigenvalue weighted by Gasteiger charge is -2.18. The fraction of sp³-hybridized carbons (Fsp3) is 0.304. The molecule has 1 aromatic heterocycles. The third-order valence-electron chi connectivity index (χ3n) is 4.73. The molecule has 9 nitrogen and oxygen atoms in total. The van der Waals surface area contributed by atoms with E-state index in [1.54, 1.807) is 18.2 Å². The topological polar surface area (TPSA) is 102 Å². The summed E-state index contributed by atoms with van der Waals surface area (Å²) in [5, 5.41) is 20.0. The maximum Gasteiger partial charge on any atom is 0.220 e. The highest BCUT2D eigenvalue weighted by atomic mass is 79.9. The van der Waals surface area contributed by atoms with Gasteiger partial charge in [-0.2, -0.15) is 0 Å². The minimum Gasteiger partial charge on any atom is -0.494 e. The average molecular weight is 549 g/mol. The summed E-state index contributed by atoms with van der Waals surface area (Å²) in [5.74, 6) is 2.39. The first-order chi connectivity index (χ1) is 16.4. The Labute approximate surface area is 210 Å². The predicted molar refractivity (Wildman–Crippen MR) is 134 cm³/mol. The minimum atomic E-state index is -0.557. The van der Waals surface area contributed by atoms with Crippen molar-refractivity contribution in [3.05, 3.63) is 75.0 Å². The number of nitrogens with zero attached hydrogens (tertiary/aromatic N) is 4. The maximum absolute atomic E-state index is 11.5. The smallest absolute Gasteiger partial charge is 0.220 e. The molecular formula is C23H25BrN4O5S. The number of methoxy groups -OCH3 is 1. The second-order valence-electron chi connectivity index (χ2n) is 7.05. The van der Waals surface area contributed by atoms with Gasteiger partial charge in [0.15, 0.2) is 16.7 Å². The number of hydrogen-bond acceptors (Lipinski definition) is 8. The second kappa shape index (κ2) is 11.9. The fourth-order valence-corrected chi connectivity index (χ4v) is 4.98. The van der Waals surface area contributed by atoms with E-state index in [4.69, 9.17) is 14.2 Å². The predicted octanol–water partition coefficient (Wildman–Crippen LogP) is 5.42. The summed E-state index contributed by atoms with van der Waals surface area (Å²) < 4.78 is 19.2. The number of hydrogen-bond donors (Lipinski definition) is 0. The van der Waals surface area contributed by atoms with E-state index in [1.807, 2.05) is 42.7 Å². The second-order valence-corrected chi connectivity index (χ2v) is 9.07. The number of ether oxygens (including phenoxy) is 3. The Morgan fingerprint density at radius 1 is 1.26 bits per heavy atom. The molecule has 2 aromatic carbocycles. The molecular weight excluding hydrogens is 524 g/mol. The van der Waals surface area contributed by atoms with Gasteiger partial charge in [0.05, 0.1) is 18.2 Å². The molecule has 0 bridgehead atoms. The molecule has 0 fully saturated rings. The van der Waals surface area contributed by atoms with Crippen molar-refractivity contribution in [3.63, 3.8) is 0 Å². The third-order valence-corrected chi connectivity index (χ3v) is 6.50. The van der Waals surface area contributed by atoms with E-state index in [9.17, 15) is 10.1 Å². The van der Waals surface area contributed by atoms with Gasteiger partial charge in [-0.25, -0.2) is 0 Å². The molecule has 0 aliphatic carbocycles. The van der Waals surface area contributed by atoms with Gasteiger partial charge in [0, 0.05) is 10.6 Å². The van der Waals surface area contributed by atoms with Crippen molar-refractivity contribution in [2.45, 2.75) is 24.3 Å². The van der Waals surface area contributed by atoms with Gasteiger partial charge in [0.2, 0.25) is 6.54 Å². The van der Waals surface area contributed by atoms with Crippen LogP contribution in [0.15, 0.2) is 58.7 Å². The first-order valence-corrected chi connectivity index (χ1v) is 12.1. The Bertz CT molecular complexity index is 1150. The zero-order chi connectivity index (χ0) is 24.7. The largest absolute Gasteiger partial charge is 0.494 e. The van der Waals surface area contributed by atoms with Crippen LogP contribution in [0.4, 0.5) is 0 Å². The van der Waals surface area contributed by atoms with E-state index in [1.165, 1.54) is 18.9 Å². The van der Waals surface area contributed by atoms with Crippen molar-refractivity contribution in [1.29, 1.82) is 0 Å². The van der Waals surface area contributed by atoms with Crippen molar-refractivity contribution in [2.24, 2.45) is 0 Å². The first kappa shape index (κ1) is 25.6. The van der Waals surface area contributed by atoms with Crippen LogP contribution in [0.1, 0.15) is 23.6 Å².